The molecule has 2 heterocycles. The number of alkyl halides is 3. The Bertz CT molecular complexity index is 525. The highest BCUT2D eigenvalue weighted by Gasteiger charge is 2.33. The highest BCUT2D eigenvalue weighted by atomic mass is 19.4. The summed E-state index contributed by atoms with van der Waals surface area (Å²) in [7, 11) is 0. The first-order valence-corrected chi connectivity index (χ1v) is 5.51. The van der Waals surface area contributed by atoms with Crippen LogP contribution in [-0.4, -0.2) is 16.3 Å². The Morgan fingerprint density at radius 1 is 1.32 bits per heavy atom. The summed E-state index contributed by atoms with van der Waals surface area (Å²) in [6.07, 6.45) is 0.472. The van der Waals surface area contributed by atoms with Gasteiger partial charge >= 0.3 is 6.18 Å². The van der Waals surface area contributed by atoms with Gasteiger partial charge in [0.15, 0.2) is 6.23 Å². The zero-order valence-corrected chi connectivity index (χ0v) is 9.80. The summed E-state index contributed by atoms with van der Waals surface area (Å²) in [5, 5.41) is 9.72. The Morgan fingerprint density at radius 2 is 2.05 bits per heavy atom. The van der Waals surface area contributed by atoms with E-state index in [0.29, 0.717) is 5.56 Å². The molecule has 1 aromatic heterocycles. The van der Waals surface area contributed by atoms with E-state index in [1.165, 1.54) is 23.2 Å². The minimum Gasteiger partial charge on any atom is -0.369 e. The van der Waals surface area contributed by atoms with E-state index in [0.717, 1.165) is 6.07 Å². The summed E-state index contributed by atoms with van der Waals surface area (Å²) < 4.78 is 38.2. The van der Waals surface area contributed by atoms with Crippen molar-refractivity contribution in [3.8, 4) is 0 Å². The highest BCUT2D eigenvalue weighted by molar-refractivity contribution is 5.49. The van der Waals surface area contributed by atoms with Crippen LogP contribution in [0.2, 0.25) is 0 Å². The number of nitrogens with zero attached hydrogens (tertiary/aromatic N) is 2. The lowest BCUT2D eigenvalue weighted by molar-refractivity contribution is -0.141. The van der Waals surface area contributed by atoms with Crippen LogP contribution in [0.5, 0.6) is 0 Å². The van der Waals surface area contributed by atoms with Crippen LogP contribution in [0.25, 0.3) is 0 Å². The molecule has 7 heteroatoms. The standard InChI is InChI=1S/C12H12F3N3O/c13-12(14,15)9-5-8(7-16)6-10(17-9)18-4-2-1-3-11(18)19/h1-6,11,19H,7,16H2. The van der Waals surface area contributed by atoms with Crippen molar-refractivity contribution in [3.05, 3.63) is 47.8 Å². The van der Waals surface area contributed by atoms with Crippen LogP contribution >= 0.6 is 0 Å². The number of aliphatic hydroxyl groups excluding tert-OH is 1. The molecule has 0 amide bonds. The molecule has 0 radical (unpaired) electrons. The number of hydrogen-bond acceptors (Lipinski definition) is 4. The zero-order valence-electron chi connectivity index (χ0n) is 9.80. The third-order valence-electron chi connectivity index (χ3n) is 2.59. The van der Waals surface area contributed by atoms with Crippen molar-refractivity contribution in [2.75, 3.05) is 4.90 Å². The van der Waals surface area contributed by atoms with E-state index < -0.39 is 18.1 Å². The van der Waals surface area contributed by atoms with Crippen LogP contribution in [0.4, 0.5) is 19.0 Å². The van der Waals surface area contributed by atoms with Gasteiger partial charge in [0.05, 0.1) is 0 Å². The van der Waals surface area contributed by atoms with Crippen molar-refractivity contribution in [1.29, 1.82) is 0 Å². The van der Waals surface area contributed by atoms with E-state index in [-0.39, 0.29) is 12.4 Å². The van der Waals surface area contributed by atoms with Gasteiger partial charge in [-0.25, -0.2) is 4.98 Å². The minimum absolute atomic E-state index is 0.00313. The molecule has 3 N–H and O–H groups in total. The van der Waals surface area contributed by atoms with Crippen LogP contribution in [0.1, 0.15) is 11.3 Å². The molecule has 102 valence electrons. The molecule has 0 saturated heterocycles. The van der Waals surface area contributed by atoms with Crippen molar-refractivity contribution in [3.63, 3.8) is 0 Å². The third-order valence-corrected chi connectivity index (χ3v) is 2.59. The summed E-state index contributed by atoms with van der Waals surface area (Å²) in [6, 6.07) is 2.32. The summed E-state index contributed by atoms with van der Waals surface area (Å²) in [6.45, 7) is -0.0396. The molecule has 0 saturated carbocycles. The maximum absolute atomic E-state index is 12.7. The summed E-state index contributed by atoms with van der Waals surface area (Å²) in [5.41, 5.74) is 4.66. The molecule has 1 aliphatic heterocycles. The van der Waals surface area contributed by atoms with Gasteiger partial charge in [-0.2, -0.15) is 13.2 Å². The van der Waals surface area contributed by atoms with E-state index in [1.54, 1.807) is 12.2 Å². The molecule has 0 aromatic carbocycles. The molecular formula is C12H12F3N3O. The lowest BCUT2D eigenvalue weighted by Crippen LogP contribution is -2.31. The maximum Gasteiger partial charge on any atom is 0.433 e. The molecule has 1 aliphatic rings. The topological polar surface area (TPSA) is 62.4 Å². The largest absolute Gasteiger partial charge is 0.433 e. The second kappa shape index (κ2) is 5.02. The predicted octanol–water partition coefficient (Wildman–Crippen LogP) is 1.77. The fraction of sp³-hybridized carbons (Fsp3) is 0.250. The lowest BCUT2D eigenvalue weighted by atomic mass is 10.2. The number of pyridine rings is 1. The van der Waals surface area contributed by atoms with E-state index in [2.05, 4.69) is 4.98 Å². The van der Waals surface area contributed by atoms with Crippen molar-refractivity contribution in [2.45, 2.75) is 18.9 Å². The molecule has 4 nitrogen and oxygen atoms in total. The number of aliphatic hydroxyl groups is 1. The van der Waals surface area contributed by atoms with Crippen molar-refractivity contribution in [1.82, 2.24) is 4.98 Å². The Kier molecular flexibility index (Phi) is 3.59. The molecule has 1 unspecified atom stereocenters. The number of hydrogen-bond donors (Lipinski definition) is 2. The second-order valence-electron chi connectivity index (χ2n) is 3.97. The first-order valence-electron chi connectivity index (χ1n) is 5.51. The molecular weight excluding hydrogens is 259 g/mol. The van der Waals surface area contributed by atoms with Crippen LogP contribution < -0.4 is 10.6 Å². The van der Waals surface area contributed by atoms with Gasteiger partial charge in [0, 0.05) is 12.7 Å². The normalized spacial score (nSPS) is 19.0. The summed E-state index contributed by atoms with van der Waals surface area (Å²) in [4.78, 5) is 4.76. The molecule has 0 bridgehead atoms. The van der Waals surface area contributed by atoms with Gasteiger partial charge in [-0.3, -0.25) is 0 Å². The number of halogens is 3. The van der Waals surface area contributed by atoms with E-state index in [1.807, 2.05) is 0 Å². The smallest absolute Gasteiger partial charge is 0.369 e. The molecule has 0 aliphatic carbocycles. The first kappa shape index (κ1) is 13.6. The monoisotopic (exact) mass is 271 g/mol. The van der Waals surface area contributed by atoms with Crippen LogP contribution in [-0.2, 0) is 12.7 Å². The van der Waals surface area contributed by atoms with Gasteiger partial charge in [-0.05, 0) is 29.8 Å². The van der Waals surface area contributed by atoms with Crippen LogP contribution in [0.15, 0.2) is 36.6 Å². The van der Waals surface area contributed by atoms with E-state index >= 15 is 0 Å². The second-order valence-corrected chi connectivity index (χ2v) is 3.97. The fourth-order valence-corrected chi connectivity index (χ4v) is 1.67. The van der Waals surface area contributed by atoms with Gasteiger partial charge in [-0.15, -0.1) is 0 Å². The lowest BCUT2D eigenvalue weighted by Gasteiger charge is -2.26. The number of allylic oxidation sites excluding steroid dienone is 2. The predicted molar refractivity (Wildman–Crippen MR) is 63.9 cm³/mol. The molecule has 0 spiro atoms. The summed E-state index contributed by atoms with van der Waals surface area (Å²) in [5.74, 6) is 0.00313. The van der Waals surface area contributed by atoms with Gasteiger partial charge < -0.3 is 15.7 Å². The number of rotatable bonds is 2. The van der Waals surface area contributed by atoms with Crippen LogP contribution in [0, 0.1) is 0 Å². The highest BCUT2D eigenvalue weighted by Crippen LogP contribution is 2.31. The molecule has 0 fully saturated rings. The van der Waals surface area contributed by atoms with Crippen molar-refractivity contribution >= 4 is 5.82 Å². The average Bonchev–Trinajstić information content (AvgIpc) is 2.37. The third kappa shape index (κ3) is 2.94. The first-order chi connectivity index (χ1) is 8.91. The number of anilines is 1. The Labute approximate surface area is 107 Å². The van der Waals surface area contributed by atoms with E-state index in [4.69, 9.17) is 5.73 Å². The molecule has 1 atom stereocenters. The summed E-state index contributed by atoms with van der Waals surface area (Å²) >= 11 is 0. The van der Waals surface area contributed by atoms with Gasteiger partial charge in [-0.1, -0.05) is 6.08 Å². The van der Waals surface area contributed by atoms with Gasteiger partial charge in [0.25, 0.3) is 0 Å². The Balaban J connectivity index is 2.45. The van der Waals surface area contributed by atoms with Gasteiger partial charge in [0.1, 0.15) is 11.5 Å². The number of aromatic nitrogens is 1. The Hall–Kier alpha value is -1.86. The van der Waals surface area contributed by atoms with Crippen molar-refractivity contribution in [2.24, 2.45) is 5.73 Å². The fourth-order valence-electron chi connectivity index (χ4n) is 1.67. The van der Waals surface area contributed by atoms with Gasteiger partial charge in [0.2, 0.25) is 0 Å². The molecule has 2 rings (SSSR count). The zero-order chi connectivity index (χ0) is 14.0. The maximum atomic E-state index is 12.7. The van der Waals surface area contributed by atoms with Crippen molar-refractivity contribution < 1.29 is 18.3 Å². The number of nitrogens with two attached hydrogens (primary N) is 1. The molecule has 19 heavy (non-hydrogen) atoms. The minimum atomic E-state index is -4.56. The average molecular weight is 271 g/mol. The van der Waals surface area contributed by atoms with Crippen LogP contribution in [0.3, 0.4) is 0 Å². The quantitative estimate of drug-likeness (QED) is 0.860. The Morgan fingerprint density at radius 3 is 2.63 bits per heavy atom. The SMILES string of the molecule is NCc1cc(N2C=CC=CC2O)nc(C(F)(F)F)c1. The van der Waals surface area contributed by atoms with E-state index in [9.17, 15) is 18.3 Å². The molecule has 1 aromatic rings.